The molecule has 0 atom stereocenters. The molecule has 16 heavy (non-hydrogen) atoms. The number of aryl methyl sites for hydroxylation is 1. The van der Waals surface area contributed by atoms with E-state index in [9.17, 15) is 0 Å². The highest BCUT2D eigenvalue weighted by atomic mass is 79.9. The Hall–Kier alpha value is -0.950. The zero-order valence-corrected chi connectivity index (χ0v) is 11.0. The summed E-state index contributed by atoms with van der Waals surface area (Å²) in [5, 5.41) is 11.3. The second-order valence-corrected chi connectivity index (χ2v) is 5.16. The molecule has 2 aromatic rings. The fourth-order valence-corrected chi connectivity index (χ4v) is 2.61. The maximum atomic E-state index is 5.25. The van der Waals surface area contributed by atoms with Gasteiger partial charge in [-0.15, -0.1) is 0 Å². The van der Waals surface area contributed by atoms with Crippen LogP contribution in [0.3, 0.4) is 0 Å². The number of H-pyrrole nitrogens is 1. The molecular formula is C9H10BrN5S. The van der Waals surface area contributed by atoms with Crippen LogP contribution in [-0.2, 0) is 7.05 Å². The molecule has 1 N–H and O–H groups in total. The van der Waals surface area contributed by atoms with Gasteiger partial charge in [0, 0.05) is 13.1 Å². The van der Waals surface area contributed by atoms with E-state index in [1.165, 1.54) is 12.8 Å². The predicted octanol–water partition coefficient (Wildman–Crippen LogP) is 2.44. The van der Waals surface area contributed by atoms with Gasteiger partial charge < -0.3 is 0 Å². The molecule has 1 aliphatic carbocycles. The van der Waals surface area contributed by atoms with Crippen LogP contribution in [0.5, 0.6) is 0 Å². The van der Waals surface area contributed by atoms with Gasteiger partial charge in [0.1, 0.15) is 5.69 Å². The smallest absolute Gasteiger partial charge is 0.195 e. The van der Waals surface area contributed by atoms with E-state index < -0.39 is 0 Å². The summed E-state index contributed by atoms with van der Waals surface area (Å²) in [5.74, 6) is 0.861. The normalized spacial score (nSPS) is 15.6. The summed E-state index contributed by atoms with van der Waals surface area (Å²) in [4.78, 5) is 0. The van der Waals surface area contributed by atoms with Crippen molar-refractivity contribution in [1.82, 2.24) is 24.5 Å². The Balaban J connectivity index is 2.23. The molecule has 3 rings (SSSR count). The van der Waals surface area contributed by atoms with Gasteiger partial charge >= 0.3 is 0 Å². The van der Waals surface area contributed by atoms with Gasteiger partial charge in [0.15, 0.2) is 10.6 Å². The average Bonchev–Trinajstić information content (AvgIpc) is 2.94. The van der Waals surface area contributed by atoms with E-state index in [1.54, 1.807) is 10.9 Å². The monoisotopic (exact) mass is 299 g/mol. The first-order valence-corrected chi connectivity index (χ1v) is 6.23. The van der Waals surface area contributed by atoms with Gasteiger partial charge in [-0.05, 0) is 41.0 Å². The molecule has 5 nitrogen and oxygen atoms in total. The first-order chi connectivity index (χ1) is 7.68. The molecule has 1 fully saturated rings. The number of nitrogens with zero attached hydrogens (tertiary/aromatic N) is 4. The molecule has 7 heteroatoms. The van der Waals surface area contributed by atoms with Crippen LogP contribution in [0.25, 0.3) is 11.5 Å². The van der Waals surface area contributed by atoms with Gasteiger partial charge in [-0.2, -0.15) is 10.2 Å². The molecule has 0 aromatic carbocycles. The van der Waals surface area contributed by atoms with Gasteiger partial charge in [0.05, 0.1) is 10.7 Å². The molecule has 1 aliphatic rings. The largest absolute Gasteiger partial charge is 0.296 e. The summed E-state index contributed by atoms with van der Waals surface area (Å²) >= 11 is 8.73. The zero-order chi connectivity index (χ0) is 11.3. The lowest BCUT2D eigenvalue weighted by molar-refractivity contribution is 0.713. The molecule has 0 spiro atoms. The fourth-order valence-electron chi connectivity index (χ4n) is 1.81. The molecule has 84 valence electrons. The third kappa shape index (κ3) is 1.46. The van der Waals surface area contributed by atoms with Crippen LogP contribution in [0.1, 0.15) is 18.9 Å². The van der Waals surface area contributed by atoms with Gasteiger partial charge in [-0.25, -0.2) is 0 Å². The lowest BCUT2D eigenvalue weighted by Crippen LogP contribution is -2.02. The summed E-state index contributed by atoms with van der Waals surface area (Å²) in [6, 6.07) is 0.503. The Morgan fingerprint density at radius 1 is 1.56 bits per heavy atom. The number of nitrogens with one attached hydrogen (secondary N) is 1. The van der Waals surface area contributed by atoms with Crippen molar-refractivity contribution in [3.05, 3.63) is 15.4 Å². The minimum Gasteiger partial charge on any atom is -0.296 e. The summed E-state index contributed by atoms with van der Waals surface area (Å²) in [7, 11) is 1.90. The minimum atomic E-state index is 0.503. The van der Waals surface area contributed by atoms with E-state index in [1.807, 2.05) is 7.05 Å². The van der Waals surface area contributed by atoms with Gasteiger partial charge in [0.2, 0.25) is 0 Å². The quantitative estimate of drug-likeness (QED) is 0.867. The van der Waals surface area contributed by atoms with Crippen LogP contribution < -0.4 is 0 Å². The van der Waals surface area contributed by atoms with Crippen molar-refractivity contribution in [3.8, 4) is 11.5 Å². The molecule has 0 unspecified atom stereocenters. The lowest BCUT2D eigenvalue weighted by Gasteiger charge is -2.05. The van der Waals surface area contributed by atoms with Crippen LogP contribution in [0.2, 0.25) is 0 Å². The van der Waals surface area contributed by atoms with Crippen molar-refractivity contribution in [3.63, 3.8) is 0 Å². The van der Waals surface area contributed by atoms with Crippen molar-refractivity contribution in [1.29, 1.82) is 0 Å². The van der Waals surface area contributed by atoms with Crippen LogP contribution in [-0.4, -0.2) is 24.5 Å². The van der Waals surface area contributed by atoms with Crippen molar-refractivity contribution in [2.45, 2.75) is 18.9 Å². The standard InChI is InChI=1S/C9H10BrN5S/c1-14-7(6(10)4-11-14)8-12-13-9(16)15(8)5-2-3-5/h4-5H,2-3H2,1H3,(H,13,16). The van der Waals surface area contributed by atoms with E-state index in [-0.39, 0.29) is 0 Å². The summed E-state index contributed by atoms with van der Waals surface area (Å²) in [6.07, 6.45) is 4.12. The van der Waals surface area contributed by atoms with Gasteiger partial charge in [-0.3, -0.25) is 14.3 Å². The molecular weight excluding hydrogens is 290 g/mol. The second-order valence-electron chi connectivity index (χ2n) is 3.92. The molecule has 0 aliphatic heterocycles. The maximum Gasteiger partial charge on any atom is 0.195 e. The fraction of sp³-hybridized carbons (Fsp3) is 0.444. The van der Waals surface area contributed by atoms with Crippen molar-refractivity contribution >= 4 is 28.1 Å². The first-order valence-electron chi connectivity index (χ1n) is 5.03. The Morgan fingerprint density at radius 3 is 2.88 bits per heavy atom. The van der Waals surface area contributed by atoms with Crippen LogP contribution in [0.15, 0.2) is 10.7 Å². The maximum absolute atomic E-state index is 5.25. The van der Waals surface area contributed by atoms with Crippen molar-refractivity contribution in [2.24, 2.45) is 7.05 Å². The zero-order valence-electron chi connectivity index (χ0n) is 8.64. The molecule has 0 bridgehead atoms. The molecule has 2 heterocycles. The van der Waals surface area contributed by atoms with Crippen LogP contribution in [0.4, 0.5) is 0 Å². The summed E-state index contributed by atoms with van der Waals surface area (Å²) in [5.41, 5.74) is 0.958. The van der Waals surface area contributed by atoms with Crippen molar-refractivity contribution < 1.29 is 0 Å². The number of halogens is 1. The number of rotatable bonds is 2. The highest BCUT2D eigenvalue weighted by molar-refractivity contribution is 9.10. The Labute approximate surface area is 106 Å². The van der Waals surface area contributed by atoms with Gasteiger partial charge in [-0.1, -0.05) is 0 Å². The van der Waals surface area contributed by atoms with Crippen LogP contribution in [0, 0.1) is 4.77 Å². The number of hydrogen-bond donors (Lipinski definition) is 1. The van der Waals surface area contributed by atoms with E-state index in [0.29, 0.717) is 10.8 Å². The Bertz CT molecular complexity index is 572. The second kappa shape index (κ2) is 3.53. The number of aromatic amines is 1. The Kier molecular flexibility index (Phi) is 2.25. The molecule has 0 radical (unpaired) electrons. The van der Waals surface area contributed by atoms with Crippen LogP contribution >= 0.6 is 28.1 Å². The highest BCUT2D eigenvalue weighted by Crippen LogP contribution is 2.39. The minimum absolute atomic E-state index is 0.503. The SMILES string of the molecule is Cn1ncc(Br)c1-c1n[nH]c(=S)n1C1CC1. The van der Waals surface area contributed by atoms with Crippen molar-refractivity contribution in [2.75, 3.05) is 0 Å². The number of hydrogen-bond acceptors (Lipinski definition) is 3. The van der Waals surface area contributed by atoms with Gasteiger partial charge in [0.25, 0.3) is 0 Å². The summed E-state index contributed by atoms with van der Waals surface area (Å²) in [6.45, 7) is 0. The van der Waals surface area contributed by atoms with E-state index in [0.717, 1.165) is 16.0 Å². The molecule has 0 saturated heterocycles. The van der Waals surface area contributed by atoms with E-state index >= 15 is 0 Å². The summed E-state index contributed by atoms with van der Waals surface area (Å²) < 4.78 is 5.50. The van der Waals surface area contributed by atoms with E-state index in [4.69, 9.17) is 12.2 Å². The highest BCUT2D eigenvalue weighted by Gasteiger charge is 2.29. The first kappa shape index (κ1) is 10.2. The predicted molar refractivity (Wildman–Crippen MR) is 65.6 cm³/mol. The third-order valence-electron chi connectivity index (χ3n) is 2.72. The molecule has 1 saturated carbocycles. The third-order valence-corrected chi connectivity index (χ3v) is 3.59. The molecule has 2 aromatic heterocycles. The molecule has 0 amide bonds. The lowest BCUT2D eigenvalue weighted by atomic mass is 10.4. The Morgan fingerprint density at radius 2 is 2.31 bits per heavy atom. The number of aromatic nitrogens is 5. The van der Waals surface area contributed by atoms with E-state index in [2.05, 4.69) is 35.8 Å². The average molecular weight is 300 g/mol. The topological polar surface area (TPSA) is 51.4 Å².